The van der Waals surface area contributed by atoms with Crippen LogP contribution in [0.25, 0.3) is 0 Å². The number of ketones is 2. The molecule has 7 rings (SSSR count). The van der Waals surface area contributed by atoms with Crippen molar-refractivity contribution in [2.75, 3.05) is 20.7 Å². The van der Waals surface area contributed by atoms with Gasteiger partial charge in [0.25, 0.3) is 0 Å². The predicted octanol–water partition coefficient (Wildman–Crippen LogP) is 3.24. The van der Waals surface area contributed by atoms with Gasteiger partial charge in [-0.15, -0.1) is 0 Å². The number of likely N-dealkylation sites (tertiary alicyclic amines) is 1. The fourth-order valence-electron chi connectivity index (χ4n) is 7.65. The van der Waals surface area contributed by atoms with E-state index in [0.29, 0.717) is 41.3 Å². The number of nitrogens with zero attached hydrogens (tertiary/aromatic N) is 2. The molecule has 2 fully saturated rings. The maximum Gasteiger partial charge on any atom is 0.309 e. The zero-order valence-electron chi connectivity index (χ0n) is 24.3. The Kier molecular flexibility index (Phi) is 6.78. The smallest absolute Gasteiger partial charge is 0.309 e. The summed E-state index contributed by atoms with van der Waals surface area (Å²) in [4.78, 5) is 37.9. The number of hydrogen-bond donors (Lipinski definition) is 2. The van der Waals surface area contributed by atoms with Crippen molar-refractivity contribution in [1.82, 2.24) is 9.47 Å². The van der Waals surface area contributed by atoms with Gasteiger partial charge in [-0.1, -0.05) is 35.9 Å². The summed E-state index contributed by atoms with van der Waals surface area (Å²) in [7, 11) is 5.40. The topological polar surface area (TPSA) is 118 Å². The third kappa shape index (κ3) is 4.01. The van der Waals surface area contributed by atoms with Crippen LogP contribution in [-0.2, 0) is 34.9 Å². The summed E-state index contributed by atoms with van der Waals surface area (Å²) in [6.45, 7) is 2.83. The fourth-order valence-corrected chi connectivity index (χ4v) is 7.65. The lowest BCUT2D eigenvalue weighted by molar-refractivity contribution is -0.185. The van der Waals surface area contributed by atoms with Crippen molar-refractivity contribution in [3.8, 4) is 11.5 Å². The number of likely N-dealkylation sites (N-methyl/N-ethyl adjacent to an activating group) is 1. The molecule has 0 radical (unpaired) electrons. The third-order valence-electron chi connectivity index (χ3n) is 9.83. The van der Waals surface area contributed by atoms with Crippen molar-refractivity contribution >= 4 is 17.5 Å². The number of hydrogen-bond acceptors (Lipinski definition) is 7. The minimum Gasteiger partial charge on any atom is -0.493 e. The number of Topliss-reactive ketones (excluding diaryl/α,β-unsaturated/α-hetero) is 1. The summed E-state index contributed by atoms with van der Waals surface area (Å²) < 4.78 is 13.3. The fraction of sp³-hybridized carbons (Fsp3) is 0.424. The van der Waals surface area contributed by atoms with Crippen LogP contribution in [0, 0.1) is 6.92 Å². The standard InChI is InChI=1S/C18H21NO4.C15H15NO3/c1-19-8-7-17-14-10-3-4-12(22-2)15(14)23-16(17)11(20)5-6-18(17,21)13(19)9-10;1-10-3-5-11(6-4-10)15(19)13-8-7-12(16(13)2)9-14(17)18/h3-4,13,16,21H,5-9H2,1-2H3;3-8H,9H2,1-2H3,(H,17,18)/t13-,16+,17+,18-;/m1./s1. The number of piperidine rings is 1. The molecule has 2 bridgehead atoms. The predicted molar refractivity (Wildman–Crippen MR) is 154 cm³/mol. The SMILES string of the molecule is COc1ccc2c3c1O[C@H]1C(=O)CC[C@@]4(O)[C@@H](C2)N(C)CC[C@]314.Cc1ccc(C(=O)c2ccc(CC(=O)O)n2C)cc1. The van der Waals surface area contributed by atoms with E-state index >= 15 is 0 Å². The number of carboxylic acids is 1. The van der Waals surface area contributed by atoms with Gasteiger partial charge < -0.3 is 29.2 Å². The molecule has 1 saturated carbocycles. The highest BCUT2D eigenvalue weighted by Crippen LogP contribution is 2.64. The number of methoxy groups -OCH3 is 1. The van der Waals surface area contributed by atoms with Gasteiger partial charge >= 0.3 is 5.97 Å². The largest absolute Gasteiger partial charge is 0.493 e. The van der Waals surface area contributed by atoms with Crippen LogP contribution >= 0.6 is 0 Å². The van der Waals surface area contributed by atoms with Gasteiger partial charge in [0.15, 0.2) is 23.4 Å². The molecule has 2 aromatic carbocycles. The molecule has 4 aliphatic rings. The second-order valence-corrected chi connectivity index (χ2v) is 12.0. The van der Waals surface area contributed by atoms with Gasteiger partial charge in [0.2, 0.25) is 5.78 Å². The van der Waals surface area contributed by atoms with E-state index < -0.39 is 23.1 Å². The van der Waals surface area contributed by atoms with Gasteiger partial charge in [-0.2, -0.15) is 0 Å². The first kappa shape index (κ1) is 28.2. The molecule has 2 aliphatic carbocycles. The molecule has 9 heteroatoms. The Morgan fingerprint density at radius 1 is 1.07 bits per heavy atom. The number of ether oxygens (including phenoxy) is 2. The zero-order chi connectivity index (χ0) is 30.0. The Hall–Kier alpha value is -3.95. The van der Waals surface area contributed by atoms with Crippen LogP contribution in [0.1, 0.15) is 57.7 Å². The molecular weight excluding hydrogens is 536 g/mol. The van der Waals surface area contributed by atoms with Gasteiger partial charge in [-0.3, -0.25) is 14.4 Å². The number of aliphatic hydroxyl groups is 1. The normalized spacial score (nSPS) is 26.9. The lowest BCUT2D eigenvalue weighted by Gasteiger charge is -2.62. The Bertz CT molecular complexity index is 1590. The van der Waals surface area contributed by atoms with Crippen LogP contribution in [-0.4, -0.2) is 75.7 Å². The Labute approximate surface area is 244 Å². The van der Waals surface area contributed by atoms with Crippen molar-refractivity contribution in [2.45, 2.75) is 62.2 Å². The van der Waals surface area contributed by atoms with Crippen LogP contribution in [0.2, 0.25) is 0 Å². The van der Waals surface area contributed by atoms with E-state index in [1.807, 2.05) is 25.1 Å². The first-order chi connectivity index (χ1) is 20.0. The molecule has 1 aromatic heterocycles. The van der Waals surface area contributed by atoms with Crippen molar-refractivity contribution < 1.29 is 34.1 Å². The number of benzene rings is 2. The summed E-state index contributed by atoms with van der Waals surface area (Å²) in [5.74, 6) is 0.463. The Morgan fingerprint density at radius 2 is 1.81 bits per heavy atom. The van der Waals surface area contributed by atoms with Gasteiger partial charge in [0.05, 0.1) is 30.2 Å². The molecule has 220 valence electrons. The molecule has 0 unspecified atom stereocenters. The van der Waals surface area contributed by atoms with Crippen molar-refractivity contribution in [2.24, 2.45) is 7.05 Å². The quantitative estimate of drug-likeness (QED) is 0.448. The number of carbonyl (C=O) groups is 3. The van der Waals surface area contributed by atoms with Crippen molar-refractivity contribution in [1.29, 1.82) is 0 Å². The average molecular weight is 573 g/mol. The van der Waals surface area contributed by atoms with Gasteiger partial charge in [0, 0.05) is 36.3 Å². The lowest BCUT2D eigenvalue weighted by Crippen LogP contribution is -2.76. The molecule has 3 heterocycles. The summed E-state index contributed by atoms with van der Waals surface area (Å²) in [6.07, 6.45) is 1.81. The van der Waals surface area contributed by atoms with E-state index in [-0.39, 0.29) is 24.0 Å². The summed E-state index contributed by atoms with van der Waals surface area (Å²) in [5, 5.41) is 20.5. The maximum atomic E-state index is 12.7. The van der Waals surface area contributed by atoms with Crippen LogP contribution in [0.4, 0.5) is 0 Å². The first-order valence-corrected chi connectivity index (χ1v) is 14.3. The van der Waals surface area contributed by atoms with Crippen LogP contribution in [0.5, 0.6) is 11.5 Å². The van der Waals surface area contributed by atoms with E-state index in [9.17, 15) is 19.5 Å². The number of carbonyl (C=O) groups excluding carboxylic acids is 2. The zero-order valence-corrected chi connectivity index (χ0v) is 24.3. The van der Waals surface area contributed by atoms with Crippen LogP contribution in [0.15, 0.2) is 48.5 Å². The van der Waals surface area contributed by atoms with E-state index in [1.54, 1.807) is 43.0 Å². The molecule has 2 N–H and O–H groups in total. The Balaban J connectivity index is 0.000000154. The number of aromatic nitrogens is 1. The second-order valence-electron chi connectivity index (χ2n) is 12.0. The minimum absolute atomic E-state index is 0.0438. The van der Waals surface area contributed by atoms with Crippen molar-refractivity contribution in [3.63, 3.8) is 0 Å². The molecular formula is C33H36N2O7. The van der Waals surface area contributed by atoms with Gasteiger partial charge in [-0.05, 0) is 63.5 Å². The number of aryl methyl sites for hydroxylation is 1. The van der Waals surface area contributed by atoms with E-state index in [2.05, 4.69) is 18.0 Å². The molecule has 0 amide bonds. The van der Waals surface area contributed by atoms with E-state index in [4.69, 9.17) is 14.6 Å². The van der Waals surface area contributed by atoms with Gasteiger partial charge in [-0.25, -0.2) is 0 Å². The molecule has 9 nitrogen and oxygen atoms in total. The molecule has 3 aromatic rings. The van der Waals surface area contributed by atoms with Crippen LogP contribution in [0.3, 0.4) is 0 Å². The van der Waals surface area contributed by atoms with E-state index in [1.165, 1.54) is 5.56 Å². The summed E-state index contributed by atoms with van der Waals surface area (Å²) >= 11 is 0. The molecule has 4 atom stereocenters. The van der Waals surface area contributed by atoms with E-state index in [0.717, 1.165) is 30.5 Å². The summed E-state index contributed by atoms with van der Waals surface area (Å²) in [5.41, 5.74) is 3.55. The highest BCUT2D eigenvalue weighted by Gasteiger charge is 2.72. The molecule has 1 spiro atoms. The highest BCUT2D eigenvalue weighted by atomic mass is 16.5. The number of rotatable bonds is 5. The summed E-state index contributed by atoms with van der Waals surface area (Å²) in [6, 6.07) is 14.7. The number of aliphatic carboxylic acids is 1. The third-order valence-corrected chi connectivity index (χ3v) is 9.83. The van der Waals surface area contributed by atoms with Crippen LogP contribution < -0.4 is 9.47 Å². The first-order valence-electron chi connectivity index (χ1n) is 14.3. The monoisotopic (exact) mass is 572 g/mol. The molecule has 42 heavy (non-hydrogen) atoms. The Morgan fingerprint density at radius 3 is 2.50 bits per heavy atom. The maximum absolute atomic E-state index is 12.7. The molecule has 1 saturated heterocycles. The highest BCUT2D eigenvalue weighted by molar-refractivity contribution is 6.08. The lowest BCUT2D eigenvalue weighted by atomic mass is 9.49. The van der Waals surface area contributed by atoms with Gasteiger partial charge in [0.1, 0.15) is 0 Å². The minimum atomic E-state index is -0.907. The van der Waals surface area contributed by atoms with Crippen molar-refractivity contribution in [3.05, 3.63) is 82.2 Å². The average Bonchev–Trinajstić information content (AvgIpc) is 3.51. The second kappa shape index (κ2) is 10.1. The molecule has 2 aliphatic heterocycles. The number of carboxylic acid groups (broad SMARTS) is 1.